The van der Waals surface area contributed by atoms with Gasteiger partial charge in [-0.25, -0.2) is 0 Å². The van der Waals surface area contributed by atoms with Gasteiger partial charge in [0.25, 0.3) is 0 Å². The first-order valence-corrected chi connectivity index (χ1v) is 5.57. The molecule has 0 amide bonds. The summed E-state index contributed by atoms with van der Waals surface area (Å²) in [6, 6.07) is 0. The van der Waals surface area contributed by atoms with Crippen molar-refractivity contribution < 1.29 is 9.29 Å². The van der Waals surface area contributed by atoms with Gasteiger partial charge in [0, 0.05) is 5.75 Å². The lowest BCUT2D eigenvalue weighted by Gasteiger charge is -2.24. The zero-order valence-electron chi connectivity index (χ0n) is 7.66. The molecule has 3 heteroatoms. The van der Waals surface area contributed by atoms with Crippen molar-refractivity contribution in [1.29, 1.82) is 0 Å². The molecule has 1 saturated carbocycles. The normalized spacial score (nSPS) is 30.5. The van der Waals surface area contributed by atoms with Crippen molar-refractivity contribution in [3.8, 4) is 0 Å². The molecule has 1 aliphatic carbocycles. The Kier molecular flexibility index (Phi) is 5.04. The van der Waals surface area contributed by atoms with Gasteiger partial charge in [0.2, 0.25) is 0 Å². The number of hydrogen-bond donors (Lipinski definition) is 1. The Morgan fingerprint density at radius 1 is 1.33 bits per heavy atom. The van der Waals surface area contributed by atoms with E-state index in [9.17, 15) is 5.11 Å². The highest BCUT2D eigenvalue weighted by atomic mass is 32.2. The second-order valence-electron chi connectivity index (χ2n) is 3.45. The highest BCUT2D eigenvalue weighted by Crippen LogP contribution is 2.27. The van der Waals surface area contributed by atoms with E-state index < -0.39 is 0 Å². The van der Waals surface area contributed by atoms with Crippen LogP contribution in [0, 0.1) is 5.92 Å². The molecule has 0 aromatic carbocycles. The fourth-order valence-corrected chi connectivity index (χ4v) is 2.33. The topological polar surface area (TPSA) is 29.5 Å². The SMILES string of the molecule is COSCCC1CCC(O)CC1. The average Bonchev–Trinajstić information content (AvgIpc) is 2.09. The molecule has 0 spiro atoms. The number of hydrogen-bond acceptors (Lipinski definition) is 3. The lowest BCUT2D eigenvalue weighted by molar-refractivity contribution is 0.108. The second kappa shape index (κ2) is 5.84. The Labute approximate surface area is 78.9 Å². The Morgan fingerprint density at radius 2 is 2.00 bits per heavy atom. The number of aliphatic hydroxyl groups excluding tert-OH is 1. The smallest absolute Gasteiger partial charge is 0.0540 e. The van der Waals surface area contributed by atoms with E-state index in [1.54, 1.807) is 19.2 Å². The maximum absolute atomic E-state index is 9.27. The summed E-state index contributed by atoms with van der Waals surface area (Å²) in [4.78, 5) is 0. The zero-order valence-corrected chi connectivity index (χ0v) is 8.48. The predicted molar refractivity (Wildman–Crippen MR) is 52.0 cm³/mol. The van der Waals surface area contributed by atoms with Crippen LogP contribution in [0.2, 0.25) is 0 Å². The largest absolute Gasteiger partial charge is 0.393 e. The van der Waals surface area contributed by atoms with Crippen LogP contribution in [-0.2, 0) is 4.18 Å². The zero-order chi connectivity index (χ0) is 8.81. The van der Waals surface area contributed by atoms with Gasteiger partial charge in [-0.3, -0.25) is 0 Å². The van der Waals surface area contributed by atoms with Crippen molar-refractivity contribution in [2.75, 3.05) is 12.9 Å². The monoisotopic (exact) mass is 190 g/mol. The molecule has 0 aromatic rings. The number of rotatable bonds is 4. The molecule has 0 bridgehead atoms. The third-order valence-electron chi connectivity index (χ3n) is 2.54. The molecule has 72 valence electrons. The molecule has 0 heterocycles. The molecular weight excluding hydrogens is 172 g/mol. The first-order valence-electron chi connectivity index (χ1n) is 4.66. The molecule has 1 fully saturated rings. The molecule has 1 rings (SSSR count). The fourth-order valence-electron chi connectivity index (χ4n) is 1.73. The number of aliphatic hydroxyl groups is 1. The van der Waals surface area contributed by atoms with Crippen molar-refractivity contribution in [2.45, 2.75) is 38.2 Å². The average molecular weight is 190 g/mol. The summed E-state index contributed by atoms with van der Waals surface area (Å²) >= 11 is 1.54. The van der Waals surface area contributed by atoms with Crippen molar-refractivity contribution in [2.24, 2.45) is 5.92 Å². The fraction of sp³-hybridized carbons (Fsp3) is 1.00. The van der Waals surface area contributed by atoms with Crippen LogP contribution in [0.1, 0.15) is 32.1 Å². The van der Waals surface area contributed by atoms with Gasteiger partial charge in [0.1, 0.15) is 0 Å². The molecule has 0 radical (unpaired) electrons. The summed E-state index contributed by atoms with van der Waals surface area (Å²) in [5.74, 6) is 1.92. The van der Waals surface area contributed by atoms with E-state index in [-0.39, 0.29) is 6.10 Å². The van der Waals surface area contributed by atoms with Gasteiger partial charge in [-0.05, 0) is 50.1 Å². The van der Waals surface area contributed by atoms with Gasteiger partial charge in [0.05, 0.1) is 13.2 Å². The Morgan fingerprint density at radius 3 is 2.58 bits per heavy atom. The predicted octanol–water partition coefficient (Wildman–Crippen LogP) is 2.22. The Balaban J connectivity index is 2.01. The maximum Gasteiger partial charge on any atom is 0.0540 e. The maximum atomic E-state index is 9.27. The third-order valence-corrected chi connectivity index (χ3v) is 3.18. The van der Waals surface area contributed by atoms with Crippen LogP contribution in [0.5, 0.6) is 0 Å². The van der Waals surface area contributed by atoms with Crippen LogP contribution >= 0.6 is 12.0 Å². The van der Waals surface area contributed by atoms with Crippen molar-refractivity contribution >= 4 is 12.0 Å². The van der Waals surface area contributed by atoms with Crippen LogP contribution in [0.4, 0.5) is 0 Å². The van der Waals surface area contributed by atoms with Gasteiger partial charge < -0.3 is 9.29 Å². The van der Waals surface area contributed by atoms with Gasteiger partial charge in [0.15, 0.2) is 0 Å². The van der Waals surface area contributed by atoms with Crippen LogP contribution in [0.3, 0.4) is 0 Å². The van der Waals surface area contributed by atoms with Crippen molar-refractivity contribution in [3.05, 3.63) is 0 Å². The quantitative estimate of drug-likeness (QED) is 0.544. The van der Waals surface area contributed by atoms with Crippen LogP contribution < -0.4 is 0 Å². The summed E-state index contributed by atoms with van der Waals surface area (Å²) in [5.41, 5.74) is 0. The molecule has 1 N–H and O–H groups in total. The minimum absolute atomic E-state index is 0.0173. The molecule has 0 aromatic heterocycles. The van der Waals surface area contributed by atoms with Gasteiger partial charge in [-0.1, -0.05) is 0 Å². The molecule has 0 saturated heterocycles. The Hall–Kier alpha value is 0.270. The lowest BCUT2D eigenvalue weighted by Crippen LogP contribution is -2.18. The van der Waals surface area contributed by atoms with E-state index in [0.717, 1.165) is 24.5 Å². The molecule has 0 unspecified atom stereocenters. The summed E-state index contributed by atoms with van der Waals surface area (Å²) in [5, 5.41) is 9.27. The molecule has 2 nitrogen and oxygen atoms in total. The molecule has 0 atom stereocenters. The van der Waals surface area contributed by atoms with Crippen LogP contribution in [0.15, 0.2) is 0 Å². The van der Waals surface area contributed by atoms with Crippen molar-refractivity contribution in [3.63, 3.8) is 0 Å². The summed E-state index contributed by atoms with van der Waals surface area (Å²) < 4.78 is 4.92. The second-order valence-corrected chi connectivity index (χ2v) is 4.43. The summed E-state index contributed by atoms with van der Waals surface area (Å²) in [7, 11) is 1.72. The van der Waals surface area contributed by atoms with E-state index >= 15 is 0 Å². The van der Waals surface area contributed by atoms with E-state index in [2.05, 4.69) is 0 Å². The standard InChI is InChI=1S/C9H18O2S/c1-11-12-7-6-8-2-4-9(10)5-3-8/h8-10H,2-7H2,1H3. The molecular formula is C9H18O2S. The Bertz CT molecular complexity index is 111. The van der Waals surface area contributed by atoms with E-state index in [0.29, 0.717) is 0 Å². The van der Waals surface area contributed by atoms with Gasteiger partial charge >= 0.3 is 0 Å². The third kappa shape index (κ3) is 3.78. The van der Waals surface area contributed by atoms with E-state index in [1.165, 1.54) is 19.3 Å². The lowest BCUT2D eigenvalue weighted by atomic mass is 9.86. The van der Waals surface area contributed by atoms with Gasteiger partial charge in [-0.15, -0.1) is 0 Å². The van der Waals surface area contributed by atoms with Gasteiger partial charge in [-0.2, -0.15) is 0 Å². The minimum atomic E-state index is -0.0173. The molecule has 0 aliphatic heterocycles. The highest BCUT2D eigenvalue weighted by molar-refractivity contribution is 7.94. The molecule has 12 heavy (non-hydrogen) atoms. The highest BCUT2D eigenvalue weighted by Gasteiger charge is 2.18. The van der Waals surface area contributed by atoms with Crippen molar-refractivity contribution in [1.82, 2.24) is 0 Å². The van der Waals surface area contributed by atoms with E-state index in [1.807, 2.05) is 0 Å². The summed E-state index contributed by atoms with van der Waals surface area (Å²) in [6.45, 7) is 0. The minimum Gasteiger partial charge on any atom is -0.393 e. The van der Waals surface area contributed by atoms with E-state index in [4.69, 9.17) is 4.18 Å². The van der Waals surface area contributed by atoms with Crippen LogP contribution in [-0.4, -0.2) is 24.1 Å². The summed E-state index contributed by atoms with van der Waals surface area (Å²) in [6.07, 6.45) is 5.63. The van der Waals surface area contributed by atoms with Crippen LogP contribution in [0.25, 0.3) is 0 Å². The first kappa shape index (κ1) is 10.4. The molecule has 1 aliphatic rings. The first-order chi connectivity index (χ1) is 5.83.